The molecule has 22 heavy (non-hydrogen) atoms. The van der Waals surface area contributed by atoms with Gasteiger partial charge in [0.1, 0.15) is 5.75 Å². The lowest BCUT2D eigenvalue weighted by atomic mass is 10.3. The second-order valence-corrected chi connectivity index (χ2v) is 4.47. The molecule has 0 aliphatic rings. The lowest BCUT2D eigenvalue weighted by Gasteiger charge is -2.17. The largest absolute Gasteiger partial charge is 0.497 e. The molecule has 0 spiro atoms. The van der Waals surface area contributed by atoms with Crippen LogP contribution in [-0.2, 0) is 0 Å². The molecule has 0 saturated carbocycles. The van der Waals surface area contributed by atoms with Crippen molar-refractivity contribution in [3.05, 3.63) is 24.3 Å². The Morgan fingerprint density at radius 3 is 2.41 bits per heavy atom. The van der Waals surface area contributed by atoms with Gasteiger partial charge >= 0.3 is 6.18 Å². The first kappa shape index (κ1) is 20.8. The zero-order valence-corrected chi connectivity index (χ0v) is 14.7. The predicted octanol–water partition coefficient (Wildman–Crippen LogP) is 2.53. The number of ether oxygens (including phenoxy) is 1. The van der Waals surface area contributed by atoms with Gasteiger partial charge in [-0.15, -0.1) is 24.0 Å². The van der Waals surface area contributed by atoms with Gasteiger partial charge in [-0.25, -0.2) is 0 Å². The predicted molar refractivity (Wildman–Crippen MR) is 92.1 cm³/mol. The molecule has 1 rings (SSSR count). The van der Waals surface area contributed by atoms with E-state index in [-0.39, 0.29) is 43.0 Å². The van der Waals surface area contributed by atoms with E-state index in [2.05, 4.69) is 10.3 Å². The number of nitrogens with one attached hydrogen (secondary N) is 1. The number of halogens is 4. The minimum absolute atomic E-state index is 0. The molecule has 126 valence electrons. The monoisotopic (exact) mass is 432 g/mol. The highest BCUT2D eigenvalue weighted by Gasteiger charge is 2.28. The number of anilines is 1. The van der Waals surface area contributed by atoms with Crippen LogP contribution in [0.5, 0.6) is 5.75 Å². The Kier molecular flexibility index (Phi) is 9.18. The highest BCUT2D eigenvalue weighted by atomic mass is 127. The third-order valence-electron chi connectivity index (χ3n) is 2.58. The number of nitrogens with zero attached hydrogens (tertiary/aromatic N) is 2. The normalized spacial score (nSPS) is 12.0. The molecule has 1 aromatic rings. The summed E-state index contributed by atoms with van der Waals surface area (Å²) in [5.41, 5.74) is 6.38. The number of nitrogens with two attached hydrogens (primary N) is 1. The summed E-state index contributed by atoms with van der Waals surface area (Å²) >= 11 is 0. The van der Waals surface area contributed by atoms with E-state index in [0.29, 0.717) is 5.75 Å². The van der Waals surface area contributed by atoms with Crippen molar-refractivity contribution in [3.63, 3.8) is 0 Å². The molecule has 9 heteroatoms. The van der Waals surface area contributed by atoms with Crippen LogP contribution in [0, 0.1) is 0 Å². The Morgan fingerprint density at radius 1 is 1.32 bits per heavy atom. The van der Waals surface area contributed by atoms with Crippen molar-refractivity contribution in [1.82, 2.24) is 4.90 Å². The molecule has 0 amide bonds. The van der Waals surface area contributed by atoms with Crippen LogP contribution >= 0.6 is 24.0 Å². The number of hydrogen-bond donors (Lipinski definition) is 2. The van der Waals surface area contributed by atoms with E-state index in [4.69, 9.17) is 10.5 Å². The standard InChI is InChI=1S/C13H19F3N4O.HI/c1-20(9-13(14,15)16)8-7-18-12(17)19-10-3-5-11(21-2)6-4-10;/h3-6H,7-9H2,1-2H3,(H3,17,18,19);1H. The molecule has 0 atom stereocenters. The number of hydrogen-bond acceptors (Lipinski definition) is 3. The summed E-state index contributed by atoms with van der Waals surface area (Å²) in [5, 5.41) is 2.85. The number of aliphatic imine (C=N–C) groups is 1. The van der Waals surface area contributed by atoms with Crippen molar-refractivity contribution < 1.29 is 17.9 Å². The molecular formula is C13H20F3IN4O. The molecule has 1 aromatic carbocycles. The number of benzene rings is 1. The van der Waals surface area contributed by atoms with E-state index in [0.717, 1.165) is 10.6 Å². The Labute approximate surface area is 144 Å². The highest BCUT2D eigenvalue weighted by Crippen LogP contribution is 2.15. The quantitative estimate of drug-likeness (QED) is 0.412. The van der Waals surface area contributed by atoms with Gasteiger partial charge in [0.2, 0.25) is 0 Å². The van der Waals surface area contributed by atoms with Gasteiger partial charge in [-0.05, 0) is 31.3 Å². The zero-order valence-electron chi connectivity index (χ0n) is 12.4. The van der Waals surface area contributed by atoms with Crippen LogP contribution < -0.4 is 15.8 Å². The first-order valence-electron chi connectivity index (χ1n) is 6.26. The molecule has 0 aliphatic heterocycles. The summed E-state index contributed by atoms with van der Waals surface area (Å²) in [6.07, 6.45) is -4.20. The highest BCUT2D eigenvalue weighted by molar-refractivity contribution is 14.0. The van der Waals surface area contributed by atoms with Crippen LogP contribution in [0.3, 0.4) is 0 Å². The Bertz CT molecular complexity index is 465. The fraction of sp³-hybridized carbons (Fsp3) is 0.462. The van der Waals surface area contributed by atoms with Crippen molar-refractivity contribution in [2.24, 2.45) is 10.7 Å². The van der Waals surface area contributed by atoms with Crippen molar-refractivity contribution in [3.8, 4) is 5.75 Å². The molecule has 0 aliphatic carbocycles. The summed E-state index contributed by atoms with van der Waals surface area (Å²) in [5.74, 6) is 0.866. The minimum Gasteiger partial charge on any atom is -0.497 e. The van der Waals surface area contributed by atoms with Crippen molar-refractivity contribution in [2.75, 3.05) is 39.1 Å². The molecule has 0 bridgehead atoms. The van der Waals surface area contributed by atoms with Crippen LogP contribution in [0.25, 0.3) is 0 Å². The topological polar surface area (TPSA) is 62.9 Å². The first-order chi connectivity index (χ1) is 9.80. The van der Waals surface area contributed by atoms with E-state index >= 15 is 0 Å². The van der Waals surface area contributed by atoms with Crippen LogP contribution in [0.2, 0.25) is 0 Å². The van der Waals surface area contributed by atoms with Crippen LogP contribution in [0.1, 0.15) is 0 Å². The fourth-order valence-corrected chi connectivity index (χ4v) is 1.59. The maximum absolute atomic E-state index is 12.1. The van der Waals surface area contributed by atoms with Gasteiger partial charge in [0.05, 0.1) is 20.2 Å². The smallest absolute Gasteiger partial charge is 0.401 e. The number of guanidine groups is 1. The zero-order chi connectivity index (χ0) is 15.9. The van der Waals surface area contributed by atoms with Gasteiger partial charge < -0.3 is 15.8 Å². The van der Waals surface area contributed by atoms with Gasteiger partial charge in [-0.1, -0.05) is 0 Å². The van der Waals surface area contributed by atoms with Crippen molar-refractivity contribution in [2.45, 2.75) is 6.18 Å². The molecular weight excluding hydrogens is 412 g/mol. The van der Waals surface area contributed by atoms with Gasteiger partial charge in [-0.2, -0.15) is 13.2 Å². The van der Waals surface area contributed by atoms with E-state index in [1.807, 2.05) is 0 Å². The summed E-state index contributed by atoms with van der Waals surface area (Å²) in [7, 11) is 2.95. The molecule has 0 heterocycles. The second kappa shape index (κ2) is 9.72. The first-order valence-corrected chi connectivity index (χ1v) is 6.26. The molecule has 3 N–H and O–H groups in total. The lowest BCUT2D eigenvalue weighted by Crippen LogP contribution is -2.33. The average molecular weight is 432 g/mol. The summed E-state index contributed by atoms with van der Waals surface area (Å²) in [6, 6.07) is 7.04. The van der Waals surface area contributed by atoms with Crippen molar-refractivity contribution in [1.29, 1.82) is 0 Å². The molecule has 0 fully saturated rings. The minimum atomic E-state index is -4.20. The number of alkyl halides is 3. The number of rotatable bonds is 6. The van der Waals surface area contributed by atoms with E-state index in [1.54, 1.807) is 31.4 Å². The third kappa shape index (κ3) is 8.93. The molecule has 0 radical (unpaired) electrons. The molecule has 0 saturated heterocycles. The fourth-order valence-electron chi connectivity index (χ4n) is 1.59. The van der Waals surface area contributed by atoms with Crippen molar-refractivity contribution >= 4 is 35.6 Å². The Balaban J connectivity index is 0.00000441. The van der Waals surface area contributed by atoms with Gasteiger partial charge in [-0.3, -0.25) is 9.89 Å². The Hall–Kier alpha value is -1.23. The van der Waals surface area contributed by atoms with Gasteiger partial charge in [0.15, 0.2) is 5.96 Å². The van der Waals surface area contributed by atoms with Gasteiger partial charge in [0.25, 0.3) is 0 Å². The van der Waals surface area contributed by atoms with E-state index < -0.39 is 12.7 Å². The van der Waals surface area contributed by atoms with E-state index in [1.165, 1.54) is 7.05 Å². The number of likely N-dealkylation sites (N-methyl/N-ethyl adjacent to an activating group) is 1. The van der Waals surface area contributed by atoms with Gasteiger partial charge in [0, 0.05) is 12.2 Å². The Morgan fingerprint density at radius 2 is 1.91 bits per heavy atom. The van der Waals surface area contributed by atoms with Crippen LogP contribution in [0.4, 0.5) is 18.9 Å². The van der Waals surface area contributed by atoms with E-state index in [9.17, 15) is 13.2 Å². The second-order valence-electron chi connectivity index (χ2n) is 4.47. The summed E-state index contributed by atoms with van der Waals surface area (Å²) in [6.45, 7) is -0.611. The maximum atomic E-state index is 12.1. The van der Waals surface area contributed by atoms with Crippen LogP contribution in [0.15, 0.2) is 29.3 Å². The van der Waals surface area contributed by atoms with Crippen LogP contribution in [-0.4, -0.2) is 50.8 Å². The summed E-state index contributed by atoms with van der Waals surface area (Å²) < 4.78 is 41.4. The molecule has 5 nitrogen and oxygen atoms in total. The molecule has 0 unspecified atom stereocenters. The summed E-state index contributed by atoms with van der Waals surface area (Å²) in [4.78, 5) is 5.12. The number of methoxy groups -OCH3 is 1. The average Bonchev–Trinajstić information content (AvgIpc) is 2.37. The lowest BCUT2D eigenvalue weighted by molar-refractivity contribution is -0.142. The third-order valence-corrected chi connectivity index (χ3v) is 2.58. The SMILES string of the molecule is COc1ccc(NC(N)=NCCN(C)CC(F)(F)F)cc1.I. The molecule has 0 aromatic heterocycles. The maximum Gasteiger partial charge on any atom is 0.401 e.